The third-order valence-corrected chi connectivity index (χ3v) is 6.26. The van der Waals surface area contributed by atoms with E-state index in [1.807, 2.05) is 23.6 Å². The molecule has 34 heavy (non-hydrogen) atoms. The number of aromatic amines is 1. The van der Waals surface area contributed by atoms with E-state index < -0.39 is 11.7 Å². The topological polar surface area (TPSA) is 96.8 Å². The zero-order chi connectivity index (χ0) is 23.8. The van der Waals surface area contributed by atoms with Crippen molar-refractivity contribution in [1.29, 1.82) is 0 Å². The van der Waals surface area contributed by atoms with E-state index in [9.17, 15) is 14.0 Å². The Balaban J connectivity index is 1.49. The van der Waals surface area contributed by atoms with Crippen LogP contribution in [-0.4, -0.2) is 42.3 Å². The van der Waals surface area contributed by atoms with Crippen molar-refractivity contribution in [1.82, 2.24) is 29.9 Å². The average molecular weight is 458 g/mol. The van der Waals surface area contributed by atoms with E-state index >= 15 is 0 Å². The van der Waals surface area contributed by atoms with Gasteiger partial charge in [-0.15, -0.1) is 16.8 Å². The van der Waals surface area contributed by atoms with Crippen LogP contribution in [0.3, 0.4) is 0 Å². The van der Waals surface area contributed by atoms with E-state index in [4.69, 9.17) is 0 Å². The predicted octanol–water partition coefficient (Wildman–Crippen LogP) is 3.33. The molecule has 3 heterocycles. The first-order valence-electron chi connectivity index (χ1n) is 11.0. The molecule has 0 saturated carbocycles. The van der Waals surface area contributed by atoms with Crippen molar-refractivity contribution in [3.8, 4) is 0 Å². The van der Waals surface area contributed by atoms with Crippen LogP contribution >= 0.6 is 0 Å². The van der Waals surface area contributed by atoms with E-state index in [0.29, 0.717) is 48.4 Å². The molecule has 4 aromatic rings. The van der Waals surface area contributed by atoms with Gasteiger partial charge >= 0.3 is 0 Å². The van der Waals surface area contributed by atoms with Crippen LogP contribution in [0, 0.1) is 12.7 Å². The number of amides is 1. The first-order valence-corrected chi connectivity index (χ1v) is 11.0. The number of hydrogen-bond donors (Lipinski definition) is 1. The molecule has 8 nitrogen and oxygen atoms in total. The van der Waals surface area contributed by atoms with Gasteiger partial charge in [0, 0.05) is 24.9 Å². The second kappa shape index (κ2) is 8.66. The number of hydrogen-bond acceptors (Lipinski definition) is 5. The molecule has 0 aliphatic carbocycles. The molecule has 9 heteroatoms. The lowest BCUT2D eigenvalue weighted by molar-refractivity contribution is 0.0613. The van der Waals surface area contributed by atoms with Crippen LogP contribution < -0.4 is 5.56 Å². The smallest absolute Gasteiger partial charge is 0.272 e. The molecule has 172 valence electrons. The number of fused-ring (bicyclic) bond motifs is 2. The molecule has 2 aromatic heterocycles. The molecule has 0 radical (unpaired) electrons. The number of benzene rings is 2. The van der Waals surface area contributed by atoms with Gasteiger partial charge in [-0.1, -0.05) is 30.3 Å². The minimum Gasteiger partial charge on any atom is -0.326 e. The van der Waals surface area contributed by atoms with Crippen LogP contribution in [0.25, 0.3) is 10.8 Å². The van der Waals surface area contributed by atoms with Crippen molar-refractivity contribution in [3.63, 3.8) is 0 Å². The molecule has 5 rings (SSSR count). The maximum absolute atomic E-state index is 14.9. The maximum Gasteiger partial charge on any atom is 0.272 e. The lowest BCUT2D eigenvalue weighted by Gasteiger charge is -2.35. The summed E-state index contributed by atoms with van der Waals surface area (Å²) in [7, 11) is 0. The number of aryl methyl sites for hydroxylation is 1. The van der Waals surface area contributed by atoms with Gasteiger partial charge in [0.2, 0.25) is 0 Å². The Morgan fingerprint density at radius 2 is 2.00 bits per heavy atom. The first-order chi connectivity index (χ1) is 16.5. The Bertz CT molecular complexity index is 1470. The second-order valence-corrected chi connectivity index (χ2v) is 8.33. The summed E-state index contributed by atoms with van der Waals surface area (Å²) in [6.07, 6.45) is 2.55. The number of carbonyl (C=O) groups is 1. The van der Waals surface area contributed by atoms with Crippen molar-refractivity contribution in [3.05, 3.63) is 99.8 Å². The van der Waals surface area contributed by atoms with Gasteiger partial charge in [-0.3, -0.25) is 9.59 Å². The van der Waals surface area contributed by atoms with Crippen LogP contribution in [-0.2, 0) is 13.0 Å². The van der Waals surface area contributed by atoms with Crippen LogP contribution in [0.1, 0.15) is 45.7 Å². The van der Waals surface area contributed by atoms with Gasteiger partial charge in [0.15, 0.2) is 5.82 Å². The summed E-state index contributed by atoms with van der Waals surface area (Å²) in [4.78, 5) is 27.2. The summed E-state index contributed by atoms with van der Waals surface area (Å²) in [5.41, 5.74) is 1.08. The highest BCUT2D eigenvalue weighted by Gasteiger charge is 2.34. The lowest BCUT2D eigenvalue weighted by atomic mass is 10.0. The van der Waals surface area contributed by atoms with Crippen molar-refractivity contribution in [2.24, 2.45) is 0 Å². The lowest BCUT2D eigenvalue weighted by Crippen LogP contribution is -2.42. The maximum atomic E-state index is 14.9. The van der Waals surface area contributed by atoms with E-state index in [0.717, 1.165) is 11.2 Å². The van der Waals surface area contributed by atoms with E-state index in [1.165, 1.54) is 6.07 Å². The fraction of sp³-hybridized carbons (Fsp3) is 0.240. The van der Waals surface area contributed by atoms with Crippen molar-refractivity contribution in [2.75, 3.05) is 6.54 Å². The molecule has 1 aliphatic heterocycles. The Hall–Kier alpha value is -4.14. The Morgan fingerprint density at radius 3 is 2.79 bits per heavy atom. The van der Waals surface area contributed by atoms with E-state index in [-0.39, 0.29) is 17.2 Å². The summed E-state index contributed by atoms with van der Waals surface area (Å²) in [5.74, 6) is 0.466. The molecular formula is C25H23FN6O2. The van der Waals surface area contributed by atoms with Crippen molar-refractivity contribution >= 4 is 16.7 Å². The first kappa shape index (κ1) is 21.7. The molecule has 1 atom stereocenters. The van der Waals surface area contributed by atoms with Crippen LogP contribution in [0.5, 0.6) is 0 Å². The van der Waals surface area contributed by atoms with Crippen molar-refractivity contribution < 1.29 is 9.18 Å². The molecule has 0 spiro atoms. The minimum atomic E-state index is -0.589. The van der Waals surface area contributed by atoms with Gasteiger partial charge in [0.25, 0.3) is 11.5 Å². The molecule has 0 saturated heterocycles. The van der Waals surface area contributed by atoms with Gasteiger partial charge in [-0.25, -0.2) is 9.49 Å². The number of nitrogens with zero attached hydrogens (tertiary/aromatic N) is 5. The highest BCUT2D eigenvalue weighted by Crippen LogP contribution is 2.30. The molecular weight excluding hydrogens is 435 g/mol. The quantitative estimate of drug-likeness (QED) is 0.463. The molecule has 1 aliphatic rings. The van der Waals surface area contributed by atoms with Gasteiger partial charge in [0.05, 0.1) is 22.7 Å². The van der Waals surface area contributed by atoms with Gasteiger partial charge in [0.1, 0.15) is 11.6 Å². The zero-order valence-corrected chi connectivity index (χ0v) is 18.7. The number of halogens is 1. The standard InChI is InChI=1S/C25H23FN6O2/c1-3-6-22-23-29-27-15(2)31(23)11-12-32(22)25(34)19-13-16(9-10-20(19)26)14-21-17-7-4-5-8-18(17)24(33)30-28-21/h3-5,7-10,13,22H,1,6,11-12,14H2,2H3,(H,30,33). The van der Waals surface area contributed by atoms with Gasteiger partial charge in [-0.05, 0) is 37.1 Å². The van der Waals surface area contributed by atoms with Crippen LogP contribution in [0.2, 0.25) is 0 Å². The van der Waals surface area contributed by atoms with Crippen LogP contribution in [0.15, 0.2) is 59.9 Å². The fourth-order valence-corrected chi connectivity index (χ4v) is 4.56. The number of aromatic nitrogens is 5. The SMILES string of the molecule is C=CCC1c2nnc(C)n2CCN1C(=O)c1cc(Cc2n[nH]c(=O)c3ccccc23)ccc1F. The average Bonchev–Trinajstić information content (AvgIpc) is 3.23. The number of carbonyl (C=O) groups excluding carboxylic acids is 1. The van der Waals surface area contributed by atoms with Gasteiger partial charge in [-0.2, -0.15) is 5.10 Å². The summed E-state index contributed by atoms with van der Waals surface area (Å²) in [6.45, 7) is 6.64. The summed E-state index contributed by atoms with van der Waals surface area (Å²) in [6, 6.07) is 11.3. The monoisotopic (exact) mass is 458 g/mol. The fourth-order valence-electron chi connectivity index (χ4n) is 4.56. The number of H-pyrrole nitrogens is 1. The molecule has 1 unspecified atom stereocenters. The van der Waals surface area contributed by atoms with Crippen LogP contribution in [0.4, 0.5) is 4.39 Å². The third-order valence-electron chi connectivity index (χ3n) is 6.26. The number of rotatable bonds is 5. The highest BCUT2D eigenvalue weighted by molar-refractivity contribution is 5.95. The van der Waals surface area contributed by atoms with E-state index in [2.05, 4.69) is 27.0 Å². The summed E-state index contributed by atoms with van der Waals surface area (Å²) in [5, 5.41) is 16.4. The minimum absolute atomic E-state index is 0.00928. The highest BCUT2D eigenvalue weighted by atomic mass is 19.1. The molecule has 1 amide bonds. The summed E-state index contributed by atoms with van der Waals surface area (Å²) < 4.78 is 16.9. The number of nitrogens with one attached hydrogen (secondary N) is 1. The molecule has 0 bridgehead atoms. The summed E-state index contributed by atoms with van der Waals surface area (Å²) >= 11 is 0. The Labute approximate surface area is 194 Å². The van der Waals surface area contributed by atoms with Gasteiger partial charge < -0.3 is 9.47 Å². The Morgan fingerprint density at radius 1 is 1.21 bits per heavy atom. The molecule has 0 fully saturated rings. The molecule has 2 aromatic carbocycles. The third kappa shape index (κ3) is 3.68. The predicted molar refractivity (Wildman–Crippen MR) is 125 cm³/mol. The largest absolute Gasteiger partial charge is 0.326 e. The van der Waals surface area contributed by atoms with E-state index in [1.54, 1.807) is 35.2 Å². The Kier molecular flexibility index (Phi) is 5.53. The second-order valence-electron chi connectivity index (χ2n) is 8.33. The molecule has 1 N–H and O–H groups in total. The van der Waals surface area contributed by atoms with Crippen molar-refractivity contribution in [2.45, 2.75) is 32.4 Å². The normalized spacial score (nSPS) is 15.4. The zero-order valence-electron chi connectivity index (χ0n) is 18.7.